The van der Waals surface area contributed by atoms with E-state index in [-0.39, 0.29) is 4.90 Å². The van der Waals surface area contributed by atoms with Crippen LogP contribution in [0, 0.1) is 13.8 Å². The number of nitrogens with one attached hydrogen (secondary N) is 1. The molecule has 2 aromatic rings. The molecular weight excluding hydrogens is 356 g/mol. The van der Waals surface area contributed by atoms with Crippen molar-refractivity contribution in [3.05, 3.63) is 47.0 Å². The second-order valence-electron chi connectivity index (χ2n) is 5.56. The molecule has 26 heavy (non-hydrogen) atoms. The lowest BCUT2D eigenvalue weighted by Crippen LogP contribution is -2.18. The maximum Gasteiger partial charge on any atom is 0.276 e. The predicted octanol–water partition coefficient (Wildman–Crippen LogP) is 2.64. The first-order chi connectivity index (χ1) is 12.3. The lowest BCUT2D eigenvalue weighted by molar-refractivity contribution is 0.324. The Balaban J connectivity index is 2.25. The van der Waals surface area contributed by atoms with E-state index in [1.807, 2.05) is 13.8 Å². The van der Waals surface area contributed by atoms with Crippen LogP contribution in [0.15, 0.2) is 40.3 Å². The number of methoxy groups -OCH3 is 3. The normalized spacial score (nSPS) is 11.4. The van der Waals surface area contributed by atoms with Gasteiger partial charge in [0.1, 0.15) is 0 Å². The molecule has 0 aromatic heterocycles. The van der Waals surface area contributed by atoms with E-state index in [0.717, 1.165) is 11.1 Å². The summed E-state index contributed by atoms with van der Waals surface area (Å²) < 4.78 is 40.4. The number of aryl methyl sites for hydroxylation is 2. The highest BCUT2D eigenvalue weighted by Crippen LogP contribution is 2.37. The second kappa shape index (κ2) is 8.09. The summed E-state index contributed by atoms with van der Waals surface area (Å²) in [5, 5.41) is 3.83. The average Bonchev–Trinajstić information content (AvgIpc) is 2.62. The van der Waals surface area contributed by atoms with Gasteiger partial charge in [0, 0.05) is 5.56 Å². The summed E-state index contributed by atoms with van der Waals surface area (Å²) in [6.45, 7) is 3.77. The van der Waals surface area contributed by atoms with Gasteiger partial charge in [0.15, 0.2) is 11.5 Å². The lowest BCUT2D eigenvalue weighted by Gasteiger charge is -2.12. The Labute approximate surface area is 153 Å². The van der Waals surface area contributed by atoms with Crippen LogP contribution in [0.4, 0.5) is 0 Å². The second-order valence-corrected chi connectivity index (χ2v) is 7.22. The van der Waals surface area contributed by atoms with E-state index in [9.17, 15) is 8.42 Å². The van der Waals surface area contributed by atoms with Crippen LogP contribution in [0.5, 0.6) is 17.2 Å². The molecule has 0 saturated carbocycles. The van der Waals surface area contributed by atoms with Gasteiger partial charge in [0.05, 0.1) is 32.4 Å². The molecule has 0 heterocycles. The first kappa shape index (κ1) is 19.6. The van der Waals surface area contributed by atoms with Crippen molar-refractivity contribution >= 4 is 16.2 Å². The maximum atomic E-state index is 12.3. The van der Waals surface area contributed by atoms with Gasteiger partial charge in [0.2, 0.25) is 5.75 Å². The first-order valence-corrected chi connectivity index (χ1v) is 9.23. The van der Waals surface area contributed by atoms with Crippen molar-refractivity contribution in [1.29, 1.82) is 0 Å². The van der Waals surface area contributed by atoms with Gasteiger partial charge < -0.3 is 14.2 Å². The number of hydrogen-bond acceptors (Lipinski definition) is 6. The fraction of sp³-hybridized carbons (Fsp3) is 0.278. The molecule has 8 heteroatoms. The van der Waals surface area contributed by atoms with Gasteiger partial charge in [-0.15, -0.1) is 0 Å². The summed E-state index contributed by atoms with van der Waals surface area (Å²) >= 11 is 0. The smallest absolute Gasteiger partial charge is 0.276 e. The summed E-state index contributed by atoms with van der Waals surface area (Å²) in [4.78, 5) is 2.36. The van der Waals surface area contributed by atoms with Crippen molar-refractivity contribution < 1.29 is 22.6 Å². The fourth-order valence-electron chi connectivity index (χ4n) is 2.28. The summed E-state index contributed by atoms with van der Waals surface area (Å²) in [6, 6.07) is 8.23. The summed E-state index contributed by atoms with van der Waals surface area (Å²) in [5.41, 5.74) is 2.49. The van der Waals surface area contributed by atoms with Gasteiger partial charge >= 0.3 is 0 Å². The van der Waals surface area contributed by atoms with Crippen molar-refractivity contribution in [3.8, 4) is 17.2 Å². The number of sulfonamides is 1. The third kappa shape index (κ3) is 4.26. The molecule has 0 amide bonds. The number of ether oxygens (including phenoxy) is 3. The third-order valence-electron chi connectivity index (χ3n) is 3.86. The molecule has 7 nitrogen and oxygen atoms in total. The largest absolute Gasteiger partial charge is 0.493 e. The molecule has 140 valence electrons. The number of rotatable bonds is 7. The Kier molecular flexibility index (Phi) is 6.10. The number of hydrazone groups is 1. The zero-order valence-corrected chi connectivity index (χ0v) is 16.2. The molecular formula is C18H22N2O5S. The Morgan fingerprint density at radius 3 is 2.04 bits per heavy atom. The van der Waals surface area contributed by atoms with Gasteiger partial charge in [-0.05, 0) is 49.2 Å². The quantitative estimate of drug-likeness (QED) is 0.591. The van der Waals surface area contributed by atoms with E-state index < -0.39 is 10.0 Å². The zero-order valence-electron chi connectivity index (χ0n) is 15.4. The van der Waals surface area contributed by atoms with Crippen molar-refractivity contribution in [3.63, 3.8) is 0 Å². The van der Waals surface area contributed by atoms with Crippen LogP contribution in [-0.2, 0) is 10.0 Å². The van der Waals surface area contributed by atoms with Crippen LogP contribution in [0.1, 0.15) is 16.7 Å². The summed E-state index contributed by atoms with van der Waals surface area (Å²) in [6.07, 6.45) is 1.36. The minimum Gasteiger partial charge on any atom is -0.493 e. The maximum absolute atomic E-state index is 12.3. The highest BCUT2D eigenvalue weighted by molar-refractivity contribution is 7.89. The molecule has 0 aliphatic rings. The van der Waals surface area contributed by atoms with E-state index in [4.69, 9.17) is 14.2 Å². The summed E-state index contributed by atoms with van der Waals surface area (Å²) in [5.74, 6) is 1.35. The lowest BCUT2D eigenvalue weighted by atomic mass is 10.1. The molecule has 0 saturated heterocycles. The molecule has 0 fully saturated rings. The molecule has 0 spiro atoms. The molecule has 2 rings (SSSR count). The van der Waals surface area contributed by atoms with E-state index in [2.05, 4.69) is 9.93 Å². The molecule has 1 N–H and O–H groups in total. The highest BCUT2D eigenvalue weighted by atomic mass is 32.2. The highest BCUT2D eigenvalue weighted by Gasteiger charge is 2.14. The minimum absolute atomic E-state index is 0.155. The van der Waals surface area contributed by atoms with Crippen molar-refractivity contribution in [2.45, 2.75) is 18.7 Å². The van der Waals surface area contributed by atoms with Crippen LogP contribution in [0.3, 0.4) is 0 Å². The molecule has 0 radical (unpaired) electrons. The number of benzene rings is 2. The summed E-state index contributed by atoms with van der Waals surface area (Å²) in [7, 11) is 0.758. The number of nitrogens with zero attached hydrogens (tertiary/aromatic N) is 1. The SMILES string of the molecule is COc1cc(/C=N/NS(=O)(=O)c2ccc(C)c(C)c2)cc(OC)c1OC. The monoisotopic (exact) mass is 378 g/mol. The van der Waals surface area contributed by atoms with Crippen LogP contribution >= 0.6 is 0 Å². The fourth-order valence-corrected chi connectivity index (χ4v) is 3.16. The van der Waals surface area contributed by atoms with Gasteiger partial charge in [-0.3, -0.25) is 0 Å². The van der Waals surface area contributed by atoms with Gasteiger partial charge in [-0.25, -0.2) is 4.83 Å². The average molecular weight is 378 g/mol. The Hall–Kier alpha value is -2.74. The molecule has 2 aromatic carbocycles. The molecule has 0 aliphatic heterocycles. The van der Waals surface area contributed by atoms with Gasteiger partial charge in [-0.1, -0.05) is 6.07 Å². The molecule has 0 aliphatic carbocycles. The van der Waals surface area contributed by atoms with Crippen LogP contribution in [-0.4, -0.2) is 36.0 Å². The number of hydrogen-bond donors (Lipinski definition) is 1. The Morgan fingerprint density at radius 1 is 0.923 bits per heavy atom. The van der Waals surface area contributed by atoms with Crippen LogP contribution < -0.4 is 19.0 Å². The predicted molar refractivity (Wildman–Crippen MR) is 99.9 cm³/mol. The molecule has 0 unspecified atom stereocenters. The zero-order chi connectivity index (χ0) is 19.3. The first-order valence-electron chi connectivity index (χ1n) is 7.74. The third-order valence-corrected chi connectivity index (χ3v) is 5.08. The van der Waals surface area contributed by atoms with Crippen molar-refractivity contribution in [2.75, 3.05) is 21.3 Å². The van der Waals surface area contributed by atoms with Crippen LogP contribution in [0.25, 0.3) is 0 Å². The standard InChI is InChI=1S/C18H22N2O5S/c1-12-6-7-15(8-13(12)2)26(21,22)20-19-11-14-9-16(23-3)18(25-5)17(10-14)24-4/h6-11,20H,1-5H3/b19-11+. The van der Waals surface area contributed by atoms with Gasteiger partial charge in [0.25, 0.3) is 10.0 Å². The van der Waals surface area contributed by atoms with Gasteiger partial charge in [-0.2, -0.15) is 13.5 Å². The van der Waals surface area contributed by atoms with Crippen LogP contribution in [0.2, 0.25) is 0 Å². The van der Waals surface area contributed by atoms with E-state index in [1.165, 1.54) is 27.5 Å². The Bertz CT molecular complexity index is 898. The molecule has 0 atom stereocenters. The van der Waals surface area contributed by atoms with E-state index in [1.54, 1.807) is 30.3 Å². The topological polar surface area (TPSA) is 86.2 Å². The van der Waals surface area contributed by atoms with E-state index in [0.29, 0.717) is 22.8 Å². The minimum atomic E-state index is -3.75. The van der Waals surface area contributed by atoms with Crippen molar-refractivity contribution in [2.24, 2.45) is 5.10 Å². The van der Waals surface area contributed by atoms with E-state index >= 15 is 0 Å². The van der Waals surface area contributed by atoms with Crippen molar-refractivity contribution in [1.82, 2.24) is 4.83 Å². The Morgan fingerprint density at radius 2 is 1.54 bits per heavy atom. The molecule has 0 bridgehead atoms.